The van der Waals surface area contributed by atoms with Gasteiger partial charge in [0.2, 0.25) is 0 Å². The van der Waals surface area contributed by atoms with E-state index >= 15 is 0 Å². The molecule has 2 aliphatic heterocycles. The van der Waals surface area contributed by atoms with Crippen molar-refractivity contribution in [1.29, 1.82) is 5.26 Å². The molecule has 2 unspecified atom stereocenters. The molecule has 4 heterocycles. The molecule has 3 aromatic rings. The molecule has 1 aromatic carbocycles. The van der Waals surface area contributed by atoms with Crippen LogP contribution in [0.25, 0.3) is 11.8 Å². The Hall–Kier alpha value is -3.88. The molecule has 2 atom stereocenters. The van der Waals surface area contributed by atoms with Gasteiger partial charge in [-0.25, -0.2) is 4.68 Å². The van der Waals surface area contributed by atoms with Gasteiger partial charge < -0.3 is 4.90 Å². The number of pyridine rings is 1. The molecule has 5 rings (SSSR count). The molecule has 1 amide bonds. The van der Waals surface area contributed by atoms with Gasteiger partial charge in [-0.3, -0.25) is 28.5 Å². The van der Waals surface area contributed by atoms with E-state index in [1.165, 1.54) is 14.1 Å². The second-order valence-corrected chi connectivity index (χ2v) is 12.7. The number of nitriles is 1. The van der Waals surface area contributed by atoms with Crippen molar-refractivity contribution in [2.75, 3.05) is 22.9 Å². The SMILES string of the molecule is Cc1c(C=C2SC(=S)N(c3c(C)n(C)n(-c4ccccc4)c3=O)C2=O)c(N2CC(C)CC(C)C2)n(C)c(=O)c1C#N. The lowest BCUT2D eigenvalue weighted by molar-refractivity contribution is -0.113. The molecule has 41 heavy (non-hydrogen) atoms. The van der Waals surface area contributed by atoms with Crippen LogP contribution < -0.4 is 20.9 Å². The summed E-state index contributed by atoms with van der Waals surface area (Å²) in [6, 6.07) is 11.3. The van der Waals surface area contributed by atoms with Crippen molar-refractivity contribution in [1.82, 2.24) is 13.9 Å². The zero-order chi connectivity index (χ0) is 29.7. The summed E-state index contributed by atoms with van der Waals surface area (Å²) in [6.07, 6.45) is 2.81. The largest absolute Gasteiger partial charge is 0.357 e. The van der Waals surface area contributed by atoms with Crippen LogP contribution in [0, 0.1) is 37.0 Å². The van der Waals surface area contributed by atoms with E-state index in [-0.39, 0.29) is 26.7 Å². The number of hydrogen-bond donors (Lipinski definition) is 0. The maximum atomic E-state index is 13.9. The highest BCUT2D eigenvalue weighted by atomic mass is 32.2. The van der Waals surface area contributed by atoms with Crippen LogP contribution in [-0.4, -0.2) is 37.2 Å². The molecule has 212 valence electrons. The normalized spacial score (nSPS) is 20.3. The lowest BCUT2D eigenvalue weighted by Gasteiger charge is -2.38. The fourth-order valence-corrected chi connectivity index (χ4v) is 7.29. The lowest BCUT2D eigenvalue weighted by atomic mass is 9.91. The van der Waals surface area contributed by atoms with Crippen LogP contribution in [-0.2, 0) is 18.9 Å². The highest BCUT2D eigenvalue weighted by molar-refractivity contribution is 8.27. The average Bonchev–Trinajstić information content (AvgIpc) is 3.32. The molecule has 2 fully saturated rings. The Morgan fingerprint density at radius 2 is 1.66 bits per heavy atom. The number of amides is 1. The Morgan fingerprint density at radius 3 is 2.27 bits per heavy atom. The standard InChI is InChI=1S/C30H32N6O3S2/c1-17-12-18(2)16-34(15-17)26-22(19(3)23(14-31)27(37)32(26)5)13-24-28(38)35(30(40)41-24)25-20(4)33(6)36(29(25)39)21-10-8-7-9-11-21/h7-11,13,17-18H,12,15-16H2,1-6H3. The predicted molar refractivity (Wildman–Crippen MR) is 168 cm³/mol. The van der Waals surface area contributed by atoms with Crippen molar-refractivity contribution < 1.29 is 4.79 Å². The quantitative estimate of drug-likeness (QED) is 0.332. The first kappa shape index (κ1) is 28.6. The summed E-state index contributed by atoms with van der Waals surface area (Å²) in [4.78, 5) is 44.6. The maximum Gasteiger partial charge on any atom is 0.296 e. The van der Waals surface area contributed by atoms with Crippen molar-refractivity contribution in [3.8, 4) is 11.8 Å². The van der Waals surface area contributed by atoms with E-state index in [2.05, 4.69) is 24.8 Å². The Kier molecular flexibility index (Phi) is 7.57. The van der Waals surface area contributed by atoms with Crippen LogP contribution in [0.15, 0.2) is 44.8 Å². The van der Waals surface area contributed by atoms with Gasteiger partial charge in [0.1, 0.15) is 23.1 Å². The molecule has 0 spiro atoms. The van der Waals surface area contributed by atoms with Gasteiger partial charge in [0, 0.05) is 32.7 Å². The number of thiocarbonyl (C=S) groups is 1. The lowest BCUT2D eigenvalue weighted by Crippen LogP contribution is -2.42. The molecular weight excluding hydrogens is 557 g/mol. The molecule has 0 aliphatic carbocycles. The third-order valence-electron chi connectivity index (χ3n) is 7.95. The van der Waals surface area contributed by atoms with Crippen LogP contribution in [0.4, 0.5) is 11.5 Å². The molecular formula is C30H32N6O3S2. The minimum atomic E-state index is -0.413. The van der Waals surface area contributed by atoms with E-state index in [4.69, 9.17) is 12.2 Å². The van der Waals surface area contributed by atoms with Gasteiger partial charge >= 0.3 is 0 Å². The van der Waals surface area contributed by atoms with E-state index in [1.807, 2.05) is 30.3 Å². The molecule has 2 aliphatic rings. The Balaban J connectivity index is 1.65. The van der Waals surface area contributed by atoms with Crippen molar-refractivity contribution in [3.05, 3.63) is 78.3 Å². The fraction of sp³-hybridized carbons (Fsp3) is 0.367. The number of para-hydroxylation sites is 1. The molecule has 0 N–H and O–H groups in total. The third-order valence-corrected chi connectivity index (χ3v) is 9.26. The van der Waals surface area contributed by atoms with Gasteiger partial charge in [0.15, 0.2) is 4.32 Å². The molecule has 0 radical (unpaired) electrons. The molecule has 0 bridgehead atoms. The van der Waals surface area contributed by atoms with Gasteiger partial charge in [-0.1, -0.05) is 56.0 Å². The van der Waals surface area contributed by atoms with E-state index < -0.39 is 5.91 Å². The van der Waals surface area contributed by atoms with Gasteiger partial charge in [0.05, 0.1) is 16.3 Å². The first-order valence-corrected chi connectivity index (χ1v) is 14.7. The smallest absolute Gasteiger partial charge is 0.296 e. The number of nitrogens with zero attached hydrogens (tertiary/aromatic N) is 6. The first-order valence-electron chi connectivity index (χ1n) is 13.5. The number of carbonyl (C=O) groups excluding carboxylic acids is 1. The van der Waals surface area contributed by atoms with Gasteiger partial charge in [-0.15, -0.1) is 0 Å². The van der Waals surface area contributed by atoms with Crippen LogP contribution in [0.1, 0.15) is 42.7 Å². The van der Waals surface area contributed by atoms with E-state index in [0.29, 0.717) is 45.1 Å². The minimum absolute atomic E-state index is 0.0423. The number of carbonyl (C=O) groups is 1. The summed E-state index contributed by atoms with van der Waals surface area (Å²) >= 11 is 6.76. The number of benzene rings is 1. The van der Waals surface area contributed by atoms with Crippen molar-refractivity contribution >= 4 is 51.8 Å². The maximum absolute atomic E-state index is 13.9. The first-order chi connectivity index (χ1) is 19.5. The Labute approximate surface area is 248 Å². The third kappa shape index (κ3) is 4.75. The van der Waals surface area contributed by atoms with Crippen LogP contribution in [0.5, 0.6) is 0 Å². The second kappa shape index (κ2) is 10.8. The van der Waals surface area contributed by atoms with Crippen molar-refractivity contribution in [2.24, 2.45) is 25.9 Å². The number of rotatable bonds is 4. The summed E-state index contributed by atoms with van der Waals surface area (Å²) in [6.45, 7) is 9.41. The monoisotopic (exact) mass is 588 g/mol. The molecule has 9 nitrogen and oxygen atoms in total. The zero-order valence-corrected chi connectivity index (χ0v) is 25.6. The fourth-order valence-electron chi connectivity index (χ4n) is 6.03. The average molecular weight is 589 g/mol. The number of hydrogen-bond acceptors (Lipinski definition) is 7. The topological polar surface area (TPSA) is 96.3 Å². The number of aromatic nitrogens is 3. The van der Waals surface area contributed by atoms with Crippen LogP contribution in [0.2, 0.25) is 0 Å². The number of anilines is 2. The second-order valence-electron chi connectivity index (χ2n) is 11.0. The minimum Gasteiger partial charge on any atom is -0.357 e. The van der Waals surface area contributed by atoms with Crippen molar-refractivity contribution in [3.63, 3.8) is 0 Å². The van der Waals surface area contributed by atoms with Crippen molar-refractivity contribution in [2.45, 2.75) is 34.1 Å². The summed E-state index contributed by atoms with van der Waals surface area (Å²) in [5, 5.41) is 9.82. The molecule has 2 saturated heterocycles. The van der Waals surface area contributed by atoms with Gasteiger partial charge in [-0.2, -0.15) is 5.26 Å². The van der Waals surface area contributed by atoms with E-state index in [1.54, 1.807) is 38.7 Å². The Bertz CT molecular complexity index is 1770. The van der Waals surface area contributed by atoms with Crippen LogP contribution >= 0.6 is 24.0 Å². The summed E-state index contributed by atoms with van der Waals surface area (Å²) in [5.74, 6) is 1.11. The van der Waals surface area contributed by atoms with E-state index in [0.717, 1.165) is 31.3 Å². The summed E-state index contributed by atoms with van der Waals surface area (Å²) < 4.78 is 4.99. The number of piperidine rings is 1. The molecule has 11 heteroatoms. The summed E-state index contributed by atoms with van der Waals surface area (Å²) in [5.41, 5.74) is 1.96. The summed E-state index contributed by atoms with van der Waals surface area (Å²) in [7, 11) is 3.44. The van der Waals surface area contributed by atoms with E-state index in [9.17, 15) is 19.6 Å². The highest BCUT2D eigenvalue weighted by Gasteiger charge is 2.38. The van der Waals surface area contributed by atoms with Gasteiger partial charge in [0.25, 0.3) is 17.0 Å². The highest BCUT2D eigenvalue weighted by Crippen LogP contribution is 2.39. The number of thioether (sulfide) groups is 1. The molecule has 2 aromatic heterocycles. The molecule has 0 saturated carbocycles. The Morgan fingerprint density at radius 1 is 1.02 bits per heavy atom. The zero-order valence-electron chi connectivity index (χ0n) is 24.0. The predicted octanol–water partition coefficient (Wildman–Crippen LogP) is 4.25. The van der Waals surface area contributed by atoms with Crippen LogP contribution in [0.3, 0.4) is 0 Å². The van der Waals surface area contributed by atoms with Gasteiger partial charge in [-0.05, 0) is 55.9 Å².